The maximum absolute atomic E-state index is 13.5. The number of hydrogen-bond donors (Lipinski definition) is 3. The van der Waals surface area contributed by atoms with E-state index in [2.05, 4.69) is 20.3 Å². The zero-order chi connectivity index (χ0) is 34.5. The number of imidazole rings is 1. The number of ether oxygens (including phenoxy) is 1. The molecular weight excluding hydrogens is 662 g/mol. The van der Waals surface area contributed by atoms with E-state index in [0.717, 1.165) is 35.6 Å². The molecule has 0 bridgehead atoms. The minimum absolute atomic E-state index is 0.110. The predicted molar refractivity (Wildman–Crippen MR) is 176 cm³/mol. The summed E-state index contributed by atoms with van der Waals surface area (Å²) in [6, 6.07) is 7.74. The van der Waals surface area contributed by atoms with Crippen molar-refractivity contribution in [3.8, 4) is 0 Å². The summed E-state index contributed by atoms with van der Waals surface area (Å²) in [6.07, 6.45) is 5.31. The van der Waals surface area contributed by atoms with Crippen LogP contribution in [0.5, 0.6) is 0 Å². The number of aryl methyl sites for hydroxylation is 1. The van der Waals surface area contributed by atoms with Gasteiger partial charge in [-0.05, 0) is 82.7 Å². The summed E-state index contributed by atoms with van der Waals surface area (Å²) in [5.74, 6) is -0.406. The Morgan fingerprint density at radius 2 is 1.88 bits per heavy atom. The molecule has 3 N–H and O–H groups in total. The molecule has 3 heterocycles. The predicted octanol–water partition coefficient (Wildman–Crippen LogP) is 5.60. The fraction of sp³-hybridized carbons (Fsp3) is 0.375. The van der Waals surface area contributed by atoms with Crippen LogP contribution >= 0.6 is 11.6 Å². The van der Waals surface area contributed by atoms with Crippen LogP contribution in [0.3, 0.4) is 0 Å². The fourth-order valence-electron chi connectivity index (χ4n) is 5.39. The lowest BCUT2D eigenvalue weighted by Gasteiger charge is -2.23. The van der Waals surface area contributed by atoms with Gasteiger partial charge in [0.05, 0.1) is 28.6 Å². The molecule has 2 aliphatic rings. The molecule has 2 saturated carbocycles. The average Bonchev–Trinajstić information content (AvgIpc) is 3.91. The number of nitrogens with zero attached hydrogens (tertiary/aromatic N) is 5. The van der Waals surface area contributed by atoms with Crippen molar-refractivity contribution in [2.75, 3.05) is 10.2 Å². The van der Waals surface area contributed by atoms with Crippen LogP contribution in [0, 0.1) is 12.8 Å². The Kier molecular flexibility index (Phi) is 8.54. The van der Waals surface area contributed by atoms with Crippen molar-refractivity contribution in [3.63, 3.8) is 0 Å². The molecule has 14 nitrogen and oxygen atoms in total. The molecule has 252 valence electrons. The summed E-state index contributed by atoms with van der Waals surface area (Å²) in [5, 5.41) is 12.6. The Labute approximate surface area is 281 Å². The molecule has 2 atom stereocenters. The first-order valence-corrected chi connectivity index (χ1v) is 17.1. The van der Waals surface area contributed by atoms with E-state index in [1.807, 2.05) is 27.5 Å². The van der Waals surface area contributed by atoms with E-state index in [4.69, 9.17) is 16.3 Å². The van der Waals surface area contributed by atoms with E-state index in [9.17, 15) is 27.9 Å². The van der Waals surface area contributed by atoms with Crippen LogP contribution in [0.25, 0.3) is 5.65 Å². The summed E-state index contributed by atoms with van der Waals surface area (Å²) < 4.78 is 35.8. The van der Waals surface area contributed by atoms with Gasteiger partial charge in [0.1, 0.15) is 22.0 Å². The van der Waals surface area contributed by atoms with Crippen molar-refractivity contribution in [2.24, 2.45) is 5.92 Å². The third-order valence-electron chi connectivity index (χ3n) is 7.90. The largest absolute Gasteiger partial charge is 0.465 e. The Balaban J connectivity index is 1.33. The molecule has 6 rings (SSSR count). The number of aromatic nitrogens is 4. The maximum Gasteiger partial charge on any atom is 0.421 e. The first-order chi connectivity index (χ1) is 22.6. The molecule has 4 aromatic rings. The zero-order valence-electron chi connectivity index (χ0n) is 26.6. The van der Waals surface area contributed by atoms with Gasteiger partial charge in [-0.1, -0.05) is 17.7 Å². The van der Waals surface area contributed by atoms with Gasteiger partial charge in [-0.15, -0.1) is 0 Å². The Morgan fingerprint density at radius 1 is 1.12 bits per heavy atom. The highest BCUT2D eigenvalue weighted by Gasteiger charge is 2.46. The number of carbonyl (C=O) groups excluding carboxylic acids is 2. The van der Waals surface area contributed by atoms with Gasteiger partial charge >= 0.3 is 12.2 Å². The number of pyridine rings is 1. The molecule has 0 spiro atoms. The van der Waals surface area contributed by atoms with E-state index < -0.39 is 44.5 Å². The van der Waals surface area contributed by atoms with E-state index in [1.54, 1.807) is 46.2 Å². The summed E-state index contributed by atoms with van der Waals surface area (Å²) in [4.78, 5) is 52.1. The lowest BCUT2D eigenvalue weighted by molar-refractivity contribution is -0.117. The molecule has 0 radical (unpaired) electrons. The van der Waals surface area contributed by atoms with Crippen molar-refractivity contribution in [1.29, 1.82) is 0 Å². The molecular formula is C32H34ClN7O7S. The summed E-state index contributed by atoms with van der Waals surface area (Å²) >= 11 is 6.56. The van der Waals surface area contributed by atoms with Crippen LogP contribution < -0.4 is 14.9 Å². The SMILES string of the molecule is Cc1ccnc([C@H]2C[C@@H]2C(=O)Nc2cc(N(Cc3cn4cc(C5CC5)ccc4n3)C(=O)O)c(Cl)cc2S(=O)(=O)NC(=O)OC(C)(C)C)n1. The molecule has 2 fully saturated rings. The minimum Gasteiger partial charge on any atom is -0.465 e. The van der Waals surface area contributed by atoms with Crippen molar-refractivity contribution >= 4 is 56.7 Å². The number of fused-ring (bicyclic) bond motifs is 1. The van der Waals surface area contributed by atoms with Crippen LogP contribution in [-0.2, 0) is 26.1 Å². The monoisotopic (exact) mass is 695 g/mol. The van der Waals surface area contributed by atoms with Gasteiger partial charge in [-0.2, -0.15) is 0 Å². The smallest absolute Gasteiger partial charge is 0.421 e. The number of halogens is 1. The normalized spacial score (nSPS) is 17.5. The number of hydrogen-bond acceptors (Lipinski definition) is 9. The molecule has 0 saturated heterocycles. The van der Waals surface area contributed by atoms with E-state index in [0.29, 0.717) is 29.5 Å². The van der Waals surface area contributed by atoms with E-state index in [-0.39, 0.29) is 28.9 Å². The van der Waals surface area contributed by atoms with Crippen LogP contribution in [0.1, 0.15) is 74.6 Å². The number of rotatable bonds is 9. The Hall–Kier alpha value is -4.76. The molecule has 3 aromatic heterocycles. The van der Waals surface area contributed by atoms with Crippen molar-refractivity contribution in [2.45, 2.75) is 75.8 Å². The Morgan fingerprint density at radius 3 is 2.54 bits per heavy atom. The second kappa shape index (κ2) is 12.4. The van der Waals surface area contributed by atoms with Crippen molar-refractivity contribution < 1.29 is 32.6 Å². The molecule has 2 aliphatic carbocycles. The molecule has 0 aliphatic heterocycles. The zero-order valence-corrected chi connectivity index (χ0v) is 28.2. The van der Waals surface area contributed by atoms with Gasteiger partial charge < -0.3 is 19.6 Å². The highest BCUT2D eigenvalue weighted by molar-refractivity contribution is 7.90. The first kappa shape index (κ1) is 33.2. The van der Waals surface area contributed by atoms with Gasteiger partial charge in [0.2, 0.25) is 5.91 Å². The number of amides is 3. The van der Waals surface area contributed by atoms with Crippen LogP contribution in [0.4, 0.5) is 21.0 Å². The summed E-state index contributed by atoms with van der Waals surface area (Å²) in [6.45, 7) is 6.27. The lowest BCUT2D eigenvalue weighted by atomic mass is 10.2. The van der Waals surface area contributed by atoms with Crippen LogP contribution in [-0.4, -0.2) is 56.6 Å². The van der Waals surface area contributed by atoms with Gasteiger partial charge in [0.15, 0.2) is 0 Å². The van der Waals surface area contributed by atoms with E-state index in [1.165, 1.54) is 5.56 Å². The second-order valence-corrected chi connectivity index (χ2v) is 15.1. The first-order valence-electron chi connectivity index (χ1n) is 15.3. The third-order valence-corrected chi connectivity index (χ3v) is 9.55. The standard InChI is InChI=1S/C32H34ClN7O7S/c1-17-9-10-34-28(35-17)21-11-22(21)29(41)37-24-13-25(23(33)12-26(24)48(45,46)38-30(42)47-32(2,3)4)40(31(43)44)16-20-15-39-14-19(18-5-6-18)7-8-27(39)36-20/h7-10,12-15,18,21-22H,5-6,11,16H2,1-4H3,(H,37,41)(H,38,42)(H,43,44)/t21-,22-/m0/s1. The minimum atomic E-state index is -4.68. The van der Waals surface area contributed by atoms with Crippen LogP contribution in [0.2, 0.25) is 5.02 Å². The lowest BCUT2D eigenvalue weighted by Crippen LogP contribution is -2.37. The average molecular weight is 696 g/mol. The van der Waals surface area contributed by atoms with Crippen molar-refractivity contribution in [1.82, 2.24) is 24.1 Å². The van der Waals surface area contributed by atoms with Crippen molar-refractivity contribution in [3.05, 3.63) is 76.7 Å². The Bertz CT molecular complexity index is 2060. The van der Waals surface area contributed by atoms with Crippen LogP contribution in [0.15, 0.2) is 53.8 Å². The summed E-state index contributed by atoms with van der Waals surface area (Å²) in [7, 11) is -4.68. The number of carboxylic acid groups (broad SMARTS) is 1. The second-order valence-electron chi connectivity index (χ2n) is 13.0. The molecule has 3 amide bonds. The number of benzene rings is 1. The highest BCUT2D eigenvalue weighted by atomic mass is 35.5. The fourth-order valence-corrected chi connectivity index (χ4v) is 6.76. The van der Waals surface area contributed by atoms with E-state index >= 15 is 0 Å². The number of nitrogens with one attached hydrogen (secondary N) is 2. The topological polar surface area (TPSA) is 185 Å². The molecule has 0 unspecified atom stereocenters. The number of carbonyl (C=O) groups is 3. The molecule has 1 aromatic carbocycles. The quantitative estimate of drug-likeness (QED) is 0.199. The van der Waals surface area contributed by atoms with Gasteiger partial charge in [-0.25, -0.2) is 37.7 Å². The third kappa shape index (κ3) is 7.36. The van der Waals surface area contributed by atoms with Gasteiger partial charge in [0, 0.05) is 36.1 Å². The highest BCUT2D eigenvalue weighted by Crippen LogP contribution is 2.47. The number of anilines is 2. The molecule has 16 heteroatoms. The summed E-state index contributed by atoms with van der Waals surface area (Å²) in [5.41, 5.74) is 1.55. The number of sulfonamides is 1. The van der Waals surface area contributed by atoms with Gasteiger partial charge in [-0.3, -0.25) is 9.69 Å². The maximum atomic E-state index is 13.5. The van der Waals surface area contributed by atoms with Gasteiger partial charge in [0.25, 0.3) is 10.0 Å². The molecule has 48 heavy (non-hydrogen) atoms.